The summed E-state index contributed by atoms with van der Waals surface area (Å²) in [6.07, 6.45) is 3.63. The van der Waals surface area contributed by atoms with E-state index in [1.54, 1.807) is 6.08 Å². The SMILES string of the molecule is C(=C\c1ccccc1)/C(N=Nc1nn[nH]n1)=N/Nc1ccccc1. The van der Waals surface area contributed by atoms with Crippen LogP contribution in [-0.2, 0) is 0 Å². The van der Waals surface area contributed by atoms with Gasteiger partial charge in [-0.1, -0.05) is 59.7 Å². The molecule has 0 fully saturated rings. The molecule has 24 heavy (non-hydrogen) atoms. The van der Waals surface area contributed by atoms with E-state index in [9.17, 15) is 0 Å². The molecule has 0 atom stereocenters. The third-order valence-electron chi connectivity index (χ3n) is 2.87. The summed E-state index contributed by atoms with van der Waals surface area (Å²) in [5.74, 6) is 0.503. The van der Waals surface area contributed by atoms with Crippen LogP contribution in [0.1, 0.15) is 5.56 Å². The number of aromatic nitrogens is 4. The van der Waals surface area contributed by atoms with Crippen LogP contribution in [0.5, 0.6) is 0 Å². The number of tetrazole rings is 1. The number of azo groups is 1. The molecule has 8 heteroatoms. The molecule has 0 saturated heterocycles. The molecule has 1 heterocycles. The number of nitrogens with zero attached hydrogens (tertiary/aromatic N) is 6. The number of para-hydroxylation sites is 1. The van der Waals surface area contributed by atoms with Crippen molar-refractivity contribution in [2.75, 3.05) is 5.43 Å². The van der Waals surface area contributed by atoms with E-state index in [1.165, 1.54) is 0 Å². The molecule has 3 rings (SSSR count). The van der Waals surface area contributed by atoms with Crippen molar-refractivity contribution in [1.29, 1.82) is 0 Å². The van der Waals surface area contributed by atoms with Crippen molar-refractivity contribution in [3.05, 3.63) is 72.3 Å². The maximum absolute atomic E-state index is 4.24. The van der Waals surface area contributed by atoms with E-state index in [0.717, 1.165) is 11.3 Å². The second kappa shape index (κ2) is 8.08. The van der Waals surface area contributed by atoms with Gasteiger partial charge in [-0.05, 0) is 29.0 Å². The van der Waals surface area contributed by atoms with Crippen LogP contribution in [0.2, 0.25) is 0 Å². The van der Waals surface area contributed by atoms with Crippen molar-refractivity contribution in [3.63, 3.8) is 0 Å². The third kappa shape index (κ3) is 4.67. The van der Waals surface area contributed by atoms with Crippen LogP contribution in [0.3, 0.4) is 0 Å². The van der Waals surface area contributed by atoms with Gasteiger partial charge in [0, 0.05) is 0 Å². The van der Waals surface area contributed by atoms with Gasteiger partial charge in [-0.15, -0.1) is 15.3 Å². The molecule has 1 aromatic heterocycles. The molecule has 0 amide bonds. The summed E-state index contributed by atoms with van der Waals surface area (Å²) in [5, 5.41) is 25.3. The van der Waals surface area contributed by atoms with E-state index in [1.807, 2.05) is 66.7 Å². The van der Waals surface area contributed by atoms with Gasteiger partial charge >= 0.3 is 5.95 Å². The molecule has 3 aromatic rings. The monoisotopic (exact) mass is 318 g/mol. The maximum atomic E-state index is 4.24. The number of amidine groups is 1. The van der Waals surface area contributed by atoms with Crippen molar-refractivity contribution in [2.45, 2.75) is 0 Å². The first-order valence-electron chi connectivity index (χ1n) is 7.17. The largest absolute Gasteiger partial charge is 0.307 e. The van der Waals surface area contributed by atoms with Crippen LogP contribution < -0.4 is 5.43 Å². The number of hydrogen-bond acceptors (Lipinski definition) is 6. The molecule has 0 saturated carbocycles. The minimum atomic E-state index is 0.135. The lowest BCUT2D eigenvalue weighted by Gasteiger charge is -1.99. The van der Waals surface area contributed by atoms with Crippen molar-refractivity contribution in [2.24, 2.45) is 15.3 Å². The van der Waals surface area contributed by atoms with Crippen molar-refractivity contribution < 1.29 is 0 Å². The summed E-state index contributed by atoms with van der Waals surface area (Å²) in [4.78, 5) is 0. The molecule has 0 radical (unpaired) electrons. The smallest absolute Gasteiger partial charge is 0.276 e. The Morgan fingerprint density at radius 2 is 1.75 bits per heavy atom. The fraction of sp³-hybridized carbons (Fsp3) is 0. The highest BCUT2D eigenvalue weighted by molar-refractivity contribution is 5.97. The average molecular weight is 318 g/mol. The molecule has 0 aliphatic rings. The molecule has 0 aliphatic heterocycles. The molecule has 2 aromatic carbocycles. The molecule has 0 spiro atoms. The van der Waals surface area contributed by atoms with Gasteiger partial charge in [-0.3, -0.25) is 5.43 Å². The zero-order chi connectivity index (χ0) is 16.5. The van der Waals surface area contributed by atoms with Crippen LogP contribution >= 0.6 is 0 Å². The highest BCUT2D eigenvalue weighted by atomic mass is 15.5. The molecule has 2 N–H and O–H groups in total. The first kappa shape index (κ1) is 15.2. The van der Waals surface area contributed by atoms with Crippen LogP contribution in [0.15, 0.2) is 82.1 Å². The molecular weight excluding hydrogens is 304 g/mol. The predicted octanol–water partition coefficient (Wildman–Crippen LogP) is 3.42. The summed E-state index contributed by atoms with van der Waals surface area (Å²) in [7, 11) is 0. The molecular formula is C16H14N8. The number of H-pyrrole nitrogens is 1. The van der Waals surface area contributed by atoms with E-state index < -0.39 is 0 Å². The van der Waals surface area contributed by atoms with E-state index in [0.29, 0.717) is 5.84 Å². The van der Waals surface area contributed by atoms with E-state index in [4.69, 9.17) is 0 Å². The maximum Gasteiger partial charge on any atom is 0.307 e. The van der Waals surface area contributed by atoms with Crippen molar-refractivity contribution in [1.82, 2.24) is 20.6 Å². The number of nitrogens with one attached hydrogen (secondary N) is 2. The lowest BCUT2D eigenvalue weighted by Crippen LogP contribution is -1.95. The summed E-state index contributed by atoms with van der Waals surface area (Å²) in [6, 6.07) is 19.4. The number of hydrazone groups is 1. The number of aromatic amines is 1. The van der Waals surface area contributed by atoms with E-state index in [-0.39, 0.29) is 5.95 Å². The van der Waals surface area contributed by atoms with Gasteiger partial charge in [-0.2, -0.15) is 10.3 Å². The number of anilines is 1. The zero-order valence-corrected chi connectivity index (χ0v) is 12.6. The van der Waals surface area contributed by atoms with Crippen LogP contribution in [-0.4, -0.2) is 26.5 Å². The van der Waals surface area contributed by atoms with Crippen molar-refractivity contribution >= 4 is 23.5 Å². The van der Waals surface area contributed by atoms with Gasteiger partial charge in [0.1, 0.15) is 0 Å². The molecule has 118 valence electrons. The van der Waals surface area contributed by atoms with Gasteiger partial charge in [0.15, 0.2) is 5.84 Å². The summed E-state index contributed by atoms with van der Waals surface area (Å²) >= 11 is 0. The quantitative estimate of drug-likeness (QED) is 0.325. The average Bonchev–Trinajstić information content (AvgIpc) is 3.16. The Labute approximate surface area is 138 Å². The lowest BCUT2D eigenvalue weighted by atomic mass is 10.2. The summed E-state index contributed by atoms with van der Waals surface area (Å²) in [5.41, 5.74) is 4.80. The number of benzene rings is 2. The van der Waals surface area contributed by atoms with Crippen LogP contribution in [0, 0.1) is 0 Å². The van der Waals surface area contributed by atoms with Gasteiger partial charge < -0.3 is 0 Å². The molecule has 8 nitrogen and oxygen atoms in total. The Kier molecular flexibility index (Phi) is 5.13. The van der Waals surface area contributed by atoms with Gasteiger partial charge in [-0.25, -0.2) is 0 Å². The van der Waals surface area contributed by atoms with E-state index in [2.05, 4.69) is 41.4 Å². The fourth-order valence-corrected chi connectivity index (χ4v) is 1.76. The zero-order valence-electron chi connectivity index (χ0n) is 12.6. The first-order valence-corrected chi connectivity index (χ1v) is 7.17. The Morgan fingerprint density at radius 1 is 1.00 bits per heavy atom. The van der Waals surface area contributed by atoms with Gasteiger partial charge in [0.05, 0.1) is 5.69 Å². The summed E-state index contributed by atoms with van der Waals surface area (Å²) < 4.78 is 0. The standard InChI is InChI=1S/C16H14N8/c1-3-7-13(8-4-1)11-12-15(19-20-16-21-23-24-22-16)18-17-14-9-5-2-6-10-14/h1-12,17H,(H,21,22,23,24)/b12-11+,18-15-,20-19?. The number of hydrogen-bond donors (Lipinski definition) is 2. The highest BCUT2D eigenvalue weighted by Crippen LogP contribution is 2.07. The van der Waals surface area contributed by atoms with Crippen LogP contribution in [0.25, 0.3) is 6.08 Å². The third-order valence-corrected chi connectivity index (χ3v) is 2.87. The Bertz CT molecular complexity index is 823. The topological polar surface area (TPSA) is 104 Å². The number of rotatable bonds is 5. The fourth-order valence-electron chi connectivity index (χ4n) is 1.76. The molecule has 0 aliphatic carbocycles. The van der Waals surface area contributed by atoms with Crippen LogP contribution in [0.4, 0.5) is 11.6 Å². The Morgan fingerprint density at radius 3 is 2.46 bits per heavy atom. The highest BCUT2D eigenvalue weighted by Gasteiger charge is 1.97. The molecule has 0 bridgehead atoms. The first-order chi connectivity index (χ1) is 11.9. The van der Waals surface area contributed by atoms with Gasteiger partial charge in [0.25, 0.3) is 0 Å². The Balaban J connectivity index is 1.78. The summed E-state index contributed by atoms with van der Waals surface area (Å²) in [6.45, 7) is 0. The second-order valence-corrected chi connectivity index (χ2v) is 4.60. The van der Waals surface area contributed by atoms with E-state index >= 15 is 0 Å². The van der Waals surface area contributed by atoms with Crippen molar-refractivity contribution in [3.8, 4) is 0 Å². The normalized spacial score (nSPS) is 12.1. The second-order valence-electron chi connectivity index (χ2n) is 4.60. The molecule has 0 unspecified atom stereocenters. The Hall–Kier alpha value is -3.68. The predicted molar refractivity (Wildman–Crippen MR) is 91.7 cm³/mol. The minimum Gasteiger partial charge on any atom is -0.276 e. The van der Waals surface area contributed by atoms with Gasteiger partial charge in [0.2, 0.25) is 0 Å². The lowest BCUT2D eigenvalue weighted by molar-refractivity contribution is 0.881. The minimum absolute atomic E-state index is 0.135.